The van der Waals surface area contributed by atoms with Crippen LogP contribution >= 0.6 is 15.9 Å². The Balaban J connectivity index is 1.62. The molecule has 2 unspecified atom stereocenters. The predicted molar refractivity (Wildman–Crippen MR) is 114 cm³/mol. The van der Waals surface area contributed by atoms with Crippen molar-refractivity contribution in [2.24, 2.45) is 4.99 Å². The number of aliphatic imine (C=N–C) groups is 1. The number of guanidine groups is 1. The van der Waals surface area contributed by atoms with Crippen molar-refractivity contribution in [3.63, 3.8) is 0 Å². The van der Waals surface area contributed by atoms with Gasteiger partial charge in [-0.05, 0) is 31.4 Å². The van der Waals surface area contributed by atoms with Gasteiger partial charge in [0.25, 0.3) is 0 Å². The maximum Gasteiger partial charge on any atom is 0.191 e. The summed E-state index contributed by atoms with van der Waals surface area (Å²) in [6, 6.07) is 8.36. The molecule has 0 spiro atoms. The molecule has 2 heterocycles. The molecule has 8 heteroatoms. The van der Waals surface area contributed by atoms with Crippen molar-refractivity contribution in [2.75, 3.05) is 19.7 Å². The number of nitrogens with one attached hydrogen (secondary N) is 2. The summed E-state index contributed by atoms with van der Waals surface area (Å²) in [5.41, 5.74) is 1.20. The van der Waals surface area contributed by atoms with Gasteiger partial charge in [-0.2, -0.15) is 0 Å². The van der Waals surface area contributed by atoms with E-state index < -0.39 is 0 Å². The third-order valence-corrected chi connectivity index (χ3v) is 5.58. The summed E-state index contributed by atoms with van der Waals surface area (Å²) in [7, 11) is 0. The molecular formula is C20H29BrN6O. The number of aryl methyl sites for hydroxylation is 1. The van der Waals surface area contributed by atoms with Crippen LogP contribution in [0.15, 0.2) is 40.1 Å². The van der Waals surface area contributed by atoms with Gasteiger partial charge in [-0.3, -0.25) is 4.99 Å². The van der Waals surface area contributed by atoms with Crippen LogP contribution in [0.1, 0.15) is 44.1 Å². The lowest BCUT2D eigenvalue weighted by Crippen LogP contribution is -2.41. The summed E-state index contributed by atoms with van der Waals surface area (Å²) in [4.78, 5) is 4.78. The fraction of sp³-hybridized carbons (Fsp3) is 0.550. The maximum absolute atomic E-state index is 5.71. The minimum atomic E-state index is 0.118. The average Bonchev–Trinajstić information content (AvgIpc) is 3.37. The molecule has 1 saturated heterocycles. The highest BCUT2D eigenvalue weighted by Gasteiger charge is 2.16. The van der Waals surface area contributed by atoms with Gasteiger partial charge in [0.2, 0.25) is 0 Å². The number of hydrogen-bond acceptors (Lipinski definition) is 4. The molecule has 0 amide bonds. The second-order valence-electron chi connectivity index (χ2n) is 6.93. The first-order valence-electron chi connectivity index (χ1n) is 9.95. The Labute approximate surface area is 175 Å². The Morgan fingerprint density at radius 2 is 2.29 bits per heavy atom. The third-order valence-electron chi connectivity index (χ3n) is 4.86. The van der Waals surface area contributed by atoms with Crippen LogP contribution in [-0.2, 0) is 17.7 Å². The average molecular weight is 449 g/mol. The summed E-state index contributed by atoms with van der Waals surface area (Å²) < 4.78 is 8.87. The van der Waals surface area contributed by atoms with Gasteiger partial charge < -0.3 is 19.9 Å². The molecule has 2 N–H and O–H groups in total. The van der Waals surface area contributed by atoms with E-state index in [2.05, 4.69) is 67.3 Å². The topological polar surface area (TPSA) is 76.4 Å². The van der Waals surface area contributed by atoms with E-state index in [1.165, 1.54) is 5.56 Å². The Hall–Kier alpha value is -1.93. The van der Waals surface area contributed by atoms with E-state index in [0.29, 0.717) is 6.54 Å². The lowest BCUT2D eigenvalue weighted by Gasteiger charge is -2.20. The molecule has 1 aromatic heterocycles. The molecule has 0 bridgehead atoms. The first-order chi connectivity index (χ1) is 13.7. The van der Waals surface area contributed by atoms with Gasteiger partial charge in [0.15, 0.2) is 5.96 Å². The summed E-state index contributed by atoms with van der Waals surface area (Å²) in [6.45, 7) is 7.27. The molecule has 0 aliphatic carbocycles. The summed E-state index contributed by atoms with van der Waals surface area (Å²) in [5.74, 6) is 1.79. The molecule has 7 nitrogen and oxygen atoms in total. The molecule has 0 radical (unpaired) electrons. The number of benzene rings is 1. The zero-order valence-corrected chi connectivity index (χ0v) is 18.2. The van der Waals surface area contributed by atoms with Crippen molar-refractivity contribution in [2.45, 2.75) is 51.8 Å². The molecule has 2 atom stereocenters. The fourth-order valence-corrected chi connectivity index (χ4v) is 3.91. The quantitative estimate of drug-likeness (QED) is 0.479. The second kappa shape index (κ2) is 10.6. The van der Waals surface area contributed by atoms with Gasteiger partial charge in [0.05, 0.1) is 18.7 Å². The minimum absolute atomic E-state index is 0.118. The number of ether oxygens (including phenoxy) is 1. The highest BCUT2D eigenvalue weighted by Crippen LogP contribution is 2.22. The van der Waals surface area contributed by atoms with Gasteiger partial charge >= 0.3 is 0 Å². The molecule has 152 valence electrons. The summed E-state index contributed by atoms with van der Waals surface area (Å²) >= 11 is 3.64. The maximum atomic E-state index is 5.71. The normalized spacial score (nSPS) is 18.2. The van der Waals surface area contributed by atoms with Crippen molar-refractivity contribution < 1.29 is 4.74 Å². The molecule has 1 aliphatic heterocycles. The first-order valence-corrected chi connectivity index (χ1v) is 10.7. The molecule has 2 aromatic rings. The first kappa shape index (κ1) is 20.8. The highest BCUT2D eigenvalue weighted by molar-refractivity contribution is 9.10. The molecular weight excluding hydrogens is 420 g/mol. The van der Waals surface area contributed by atoms with E-state index in [1.54, 1.807) is 6.33 Å². The van der Waals surface area contributed by atoms with Gasteiger partial charge in [-0.15, -0.1) is 10.2 Å². The van der Waals surface area contributed by atoms with Crippen molar-refractivity contribution in [3.05, 3.63) is 46.5 Å². The zero-order chi connectivity index (χ0) is 19.8. The SMILES string of the molecule is CCc1nncn1CCNC(=NCC1CCCO1)NC(C)c1ccccc1Br. The number of rotatable bonds is 8. The monoisotopic (exact) mass is 448 g/mol. The third kappa shape index (κ3) is 5.78. The Morgan fingerprint density at radius 1 is 1.43 bits per heavy atom. The van der Waals surface area contributed by atoms with E-state index in [0.717, 1.165) is 55.2 Å². The van der Waals surface area contributed by atoms with Crippen LogP contribution in [0.5, 0.6) is 0 Å². The lowest BCUT2D eigenvalue weighted by molar-refractivity contribution is 0.117. The van der Waals surface area contributed by atoms with E-state index in [-0.39, 0.29) is 12.1 Å². The molecule has 3 rings (SSSR count). The highest BCUT2D eigenvalue weighted by atomic mass is 79.9. The lowest BCUT2D eigenvalue weighted by atomic mass is 10.1. The molecule has 1 aromatic carbocycles. The predicted octanol–water partition coefficient (Wildman–Crippen LogP) is 3.08. The van der Waals surface area contributed by atoms with Gasteiger partial charge in [0.1, 0.15) is 12.2 Å². The van der Waals surface area contributed by atoms with Crippen LogP contribution in [0.2, 0.25) is 0 Å². The number of aromatic nitrogens is 3. The van der Waals surface area contributed by atoms with Crippen molar-refractivity contribution in [3.8, 4) is 0 Å². The van der Waals surface area contributed by atoms with Crippen LogP contribution in [-0.4, -0.2) is 46.5 Å². The van der Waals surface area contributed by atoms with Crippen LogP contribution < -0.4 is 10.6 Å². The fourth-order valence-electron chi connectivity index (χ4n) is 3.28. The number of halogens is 1. The number of hydrogen-bond donors (Lipinski definition) is 2. The van der Waals surface area contributed by atoms with Gasteiger partial charge in [0, 0.05) is 30.6 Å². The zero-order valence-electron chi connectivity index (χ0n) is 16.6. The van der Waals surface area contributed by atoms with Crippen LogP contribution in [0, 0.1) is 0 Å². The molecule has 1 aliphatic rings. The van der Waals surface area contributed by atoms with Crippen molar-refractivity contribution >= 4 is 21.9 Å². The molecule has 0 saturated carbocycles. The van der Waals surface area contributed by atoms with E-state index in [1.807, 2.05) is 12.1 Å². The van der Waals surface area contributed by atoms with Gasteiger partial charge in [-0.25, -0.2) is 0 Å². The Bertz CT molecular complexity index is 772. The Morgan fingerprint density at radius 3 is 3.04 bits per heavy atom. The summed E-state index contributed by atoms with van der Waals surface area (Å²) in [5, 5.41) is 15.1. The number of nitrogens with zero attached hydrogens (tertiary/aromatic N) is 4. The van der Waals surface area contributed by atoms with E-state index in [4.69, 9.17) is 9.73 Å². The summed E-state index contributed by atoms with van der Waals surface area (Å²) in [6.07, 6.45) is 5.08. The van der Waals surface area contributed by atoms with Crippen LogP contribution in [0.25, 0.3) is 0 Å². The molecule has 1 fully saturated rings. The van der Waals surface area contributed by atoms with Gasteiger partial charge in [-0.1, -0.05) is 41.1 Å². The smallest absolute Gasteiger partial charge is 0.191 e. The standard InChI is InChI=1S/C20H29BrN6O/c1-3-19-26-24-14-27(19)11-10-22-20(23-13-16-7-6-12-28-16)25-15(2)17-8-4-5-9-18(17)21/h4-5,8-9,14-16H,3,6-7,10-13H2,1-2H3,(H2,22,23,25). The van der Waals surface area contributed by atoms with Crippen LogP contribution in [0.3, 0.4) is 0 Å². The second-order valence-corrected chi connectivity index (χ2v) is 7.79. The van der Waals surface area contributed by atoms with Crippen molar-refractivity contribution in [1.82, 2.24) is 25.4 Å². The van der Waals surface area contributed by atoms with Crippen LogP contribution in [0.4, 0.5) is 0 Å². The minimum Gasteiger partial charge on any atom is -0.376 e. The molecule has 28 heavy (non-hydrogen) atoms. The van der Waals surface area contributed by atoms with E-state index >= 15 is 0 Å². The van der Waals surface area contributed by atoms with Crippen molar-refractivity contribution in [1.29, 1.82) is 0 Å². The Kier molecular flexibility index (Phi) is 7.85. The van der Waals surface area contributed by atoms with E-state index in [9.17, 15) is 0 Å². The largest absolute Gasteiger partial charge is 0.376 e.